The highest BCUT2D eigenvalue weighted by atomic mass is 32.2. The predicted molar refractivity (Wildman–Crippen MR) is 169 cm³/mol. The van der Waals surface area contributed by atoms with E-state index in [1.165, 1.54) is 6.42 Å². The number of carbonyl (C=O) groups is 2. The van der Waals surface area contributed by atoms with Gasteiger partial charge in [-0.2, -0.15) is 0 Å². The van der Waals surface area contributed by atoms with Gasteiger partial charge in [-0.15, -0.1) is 0 Å². The summed E-state index contributed by atoms with van der Waals surface area (Å²) >= 11 is 0. The predicted octanol–water partition coefficient (Wildman–Crippen LogP) is 6.66. The number of sulfonamides is 1. The number of ether oxygens (including phenoxy) is 1. The normalized spacial score (nSPS) is 14.0. The standard InChI is InChI=1S/C33H38N4O5S/c1-3-4-14-31-35-28-20-19-26(34-32(38)25-10-6-5-7-11-25)21-29(28)37(31)22-23-15-17-24(18-16-23)27-12-8-9-13-30(27)42-33(39)36-43(2,40)41/h8-9,12-13,15-21,25H,3-7,10-11,14,22H2,1-2H3,(H,34,38)(H,36,39). The third kappa shape index (κ3) is 7.81. The molecule has 3 aromatic carbocycles. The molecule has 2 amide bonds. The van der Waals surface area contributed by atoms with E-state index in [2.05, 4.69) is 16.8 Å². The largest absolute Gasteiger partial charge is 0.426 e. The Morgan fingerprint density at radius 3 is 2.47 bits per heavy atom. The molecule has 0 aliphatic heterocycles. The molecule has 10 heteroatoms. The lowest BCUT2D eigenvalue weighted by molar-refractivity contribution is -0.120. The molecular weight excluding hydrogens is 564 g/mol. The summed E-state index contributed by atoms with van der Waals surface area (Å²) < 4.78 is 32.2. The molecule has 0 atom stereocenters. The van der Waals surface area contributed by atoms with E-state index in [1.807, 2.05) is 59.3 Å². The summed E-state index contributed by atoms with van der Waals surface area (Å²) in [4.78, 5) is 29.9. The van der Waals surface area contributed by atoms with E-state index in [0.29, 0.717) is 12.1 Å². The zero-order valence-corrected chi connectivity index (χ0v) is 25.5. The molecule has 1 aliphatic carbocycles. The van der Waals surface area contributed by atoms with Crippen LogP contribution in [0.15, 0.2) is 66.7 Å². The fourth-order valence-electron chi connectivity index (χ4n) is 5.60. The highest BCUT2D eigenvalue weighted by Gasteiger charge is 2.22. The van der Waals surface area contributed by atoms with Crippen LogP contribution in [0, 0.1) is 5.92 Å². The molecule has 9 nitrogen and oxygen atoms in total. The van der Waals surface area contributed by atoms with Gasteiger partial charge in [0.05, 0.1) is 17.3 Å². The molecule has 0 radical (unpaired) electrons. The van der Waals surface area contributed by atoms with Crippen LogP contribution < -0.4 is 14.8 Å². The average molecular weight is 603 g/mol. The van der Waals surface area contributed by atoms with E-state index in [9.17, 15) is 18.0 Å². The Morgan fingerprint density at radius 2 is 1.74 bits per heavy atom. The molecule has 1 saturated carbocycles. The summed E-state index contributed by atoms with van der Waals surface area (Å²) in [6.07, 6.45) is 8.11. The summed E-state index contributed by atoms with van der Waals surface area (Å²) in [7, 11) is -3.74. The molecule has 0 saturated heterocycles. The number of fused-ring (bicyclic) bond motifs is 1. The lowest BCUT2D eigenvalue weighted by Crippen LogP contribution is -2.32. The number of rotatable bonds is 10. The zero-order valence-electron chi connectivity index (χ0n) is 24.6. The molecule has 1 fully saturated rings. The molecule has 0 spiro atoms. The van der Waals surface area contributed by atoms with Gasteiger partial charge in [0.25, 0.3) is 0 Å². The highest BCUT2D eigenvalue weighted by molar-refractivity contribution is 7.89. The number of nitrogens with zero attached hydrogens (tertiary/aromatic N) is 2. The van der Waals surface area contributed by atoms with Crippen LogP contribution in [-0.4, -0.2) is 36.2 Å². The topological polar surface area (TPSA) is 119 Å². The Balaban J connectivity index is 1.38. The van der Waals surface area contributed by atoms with Gasteiger partial charge in [-0.3, -0.25) is 4.79 Å². The monoisotopic (exact) mass is 602 g/mol. The van der Waals surface area contributed by atoms with Gasteiger partial charge < -0.3 is 14.6 Å². The van der Waals surface area contributed by atoms with Gasteiger partial charge in [0.15, 0.2) is 0 Å². The fraction of sp³-hybridized carbons (Fsp3) is 0.364. The third-order valence-electron chi connectivity index (χ3n) is 7.79. The number of anilines is 1. The van der Waals surface area contributed by atoms with Crippen molar-refractivity contribution in [2.75, 3.05) is 11.6 Å². The number of hydrogen-bond donors (Lipinski definition) is 2. The van der Waals surface area contributed by atoms with Crippen molar-refractivity contribution in [2.45, 2.75) is 64.8 Å². The lowest BCUT2D eigenvalue weighted by atomic mass is 9.88. The molecule has 1 aromatic heterocycles. The van der Waals surface area contributed by atoms with Gasteiger partial charge >= 0.3 is 6.09 Å². The summed E-state index contributed by atoms with van der Waals surface area (Å²) in [5.74, 6) is 1.44. The van der Waals surface area contributed by atoms with Crippen molar-refractivity contribution in [3.8, 4) is 16.9 Å². The van der Waals surface area contributed by atoms with Crippen molar-refractivity contribution in [2.24, 2.45) is 5.92 Å². The Bertz CT molecular complexity index is 1710. The minimum Gasteiger partial charge on any atom is -0.409 e. The van der Waals surface area contributed by atoms with Crippen molar-refractivity contribution >= 4 is 38.7 Å². The summed E-state index contributed by atoms with van der Waals surface area (Å²) in [6, 6.07) is 20.9. The van der Waals surface area contributed by atoms with Gasteiger partial charge in [-0.25, -0.2) is 22.9 Å². The molecule has 0 unspecified atom stereocenters. The maximum absolute atomic E-state index is 12.9. The van der Waals surface area contributed by atoms with E-state index >= 15 is 0 Å². The van der Waals surface area contributed by atoms with Gasteiger partial charge in [-0.1, -0.05) is 75.1 Å². The molecule has 1 aliphatic rings. The van der Waals surface area contributed by atoms with Gasteiger partial charge in [-0.05, 0) is 54.7 Å². The van der Waals surface area contributed by atoms with E-state index in [0.717, 1.165) is 84.9 Å². The number of imidazole rings is 1. The minimum atomic E-state index is -3.74. The number of aromatic nitrogens is 2. The smallest absolute Gasteiger partial charge is 0.409 e. The van der Waals surface area contributed by atoms with Crippen molar-refractivity contribution in [3.63, 3.8) is 0 Å². The van der Waals surface area contributed by atoms with E-state index in [-0.39, 0.29) is 17.6 Å². The van der Waals surface area contributed by atoms with Gasteiger partial charge in [0, 0.05) is 30.1 Å². The Labute approximate surface area is 252 Å². The van der Waals surface area contributed by atoms with E-state index < -0.39 is 16.1 Å². The number of hydrogen-bond acceptors (Lipinski definition) is 6. The second-order valence-electron chi connectivity index (χ2n) is 11.2. The second kappa shape index (κ2) is 13.4. The van der Waals surface area contributed by atoms with Gasteiger partial charge in [0.1, 0.15) is 11.6 Å². The molecule has 226 valence electrons. The van der Waals surface area contributed by atoms with Crippen LogP contribution >= 0.6 is 0 Å². The lowest BCUT2D eigenvalue weighted by Gasteiger charge is -2.20. The van der Waals surface area contributed by atoms with Crippen molar-refractivity contribution < 1.29 is 22.7 Å². The van der Waals surface area contributed by atoms with Crippen molar-refractivity contribution in [1.29, 1.82) is 0 Å². The summed E-state index contributed by atoms with van der Waals surface area (Å²) in [6.45, 7) is 2.77. The minimum absolute atomic E-state index is 0.0811. The number of unbranched alkanes of at least 4 members (excludes halogenated alkanes) is 1. The average Bonchev–Trinajstić information content (AvgIpc) is 3.32. The first-order valence-electron chi connectivity index (χ1n) is 14.9. The van der Waals surface area contributed by atoms with Crippen LogP contribution in [0.1, 0.15) is 63.3 Å². The van der Waals surface area contributed by atoms with Crippen LogP contribution in [-0.2, 0) is 27.8 Å². The maximum Gasteiger partial charge on any atom is 0.426 e. The molecule has 0 bridgehead atoms. The first-order chi connectivity index (χ1) is 20.7. The molecule has 5 rings (SSSR count). The van der Waals surface area contributed by atoms with Crippen LogP contribution in [0.25, 0.3) is 22.2 Å². The van der Waals surface area contributed by atoms with Crippen LogP contribution in [0.4, 0.5) is 10.5 Å². The van der Waals surface area contributed by atoms with Crippen LogP contribution in [0.2, 0.25) is 0 Å². The van der Waals surface area contributed by atoms with Gasteiger partial charge in [0.2, 0.25) is 15.9 Å². The van der Waals surface area contributed by atoms with Crippen LogP contribution in [0.3, 0.4) is 0 Å². The Morgan fingerprint density at radius 1 is 1.00 bits per heavy atom. The highest BCUT2D eigenvalue weighted by Crippen LogP contribution is 2.31. The number of amides is 2. The first kappa shape index (κ1) is 30.3. The molecule has 4 aromatic rings. The number of para-hydroxylation sites is 1. The Kier molecular flexibility index (Phi) is 9.45. The van der Waals surface area contributed by atoms with Crippen LogP contribution in [0.5, 0.6) is 5.75 Å². The number of aryl methyl sites for hydroxylation is 1. The van der Waals surface area contributed by atoms with E-state index in [4.69, 9.17) is 9.72 Å². The number of carbonyl (C=O) groups excluding carboxylic acids is 2. The zero-order chi connectivity index (χ0) is 30.4. The van der Waals surface area contributed by atoms with E-state index in [1.54, 1.807) is 12.1 Å². The number of nitrogens with one attached hydrogen (secondary N) is 2. The number of benzene rings is 3. The van der Waals surface area contributed by atoms with Crippen molar-refractivity contribution in [3.05, 3.63) is 78.1 Å². The molecule has 1 heterocycles. The Hall–Kier alpha value is -4.18. The first-order valence-corrected chi connectivity index (χ1v) is 16.8. The summed E-state index contributed by atoms with van der Waals surface area (Å²) in [5.41, 5.74) is 5.21. The SMILES string of the molecule is CCCCc1nc2ccc(NC(=O)C3CCCCC3)cc2n1Cc1ccc(-c2ccccc2OC(=O)NS(C)(=O)=O)cc1. The molecular formula is C33H38N4O5S. The quantitative estimate of drug-likeness (QED) is 0.209. The maximum atomic E-state index is 12.9. The second-order valence-corrected chi connectivity index (χ2v) is 13.0. The molecule has 2 N–H and O–H groups in total. The fourth-order valence-corrected chi connectivity index (χ4v) is 5.94. The third-order valence-corrected chi connectivity index (χ3v) is 8.33. The summed E-state index contributed by atoms with van der Waals surface area (Å²) in [5, 5.41) is 3.15. The molecule has 43 heavy (non-hydrogen) atoms. The van der Waals surface area contributed by atoms with Crippen molar-refractivity contribution in [1.82, 2.24) is 14.3 Å².